The lowest BCUT2D eigenvalue weighted by Gasteiger charge is -2.40. The molecule has 0 aromatic heterocycles. The van der Waals surface area contributed by atoms with E-state index in [4.69, 9.17) is 9.47 Å². The van der Waals surface area contributed by atoms with Gasteiger partial charge in [0.2, 0.25) is 10.0 Å². The number of nitrogens with zero attached hydrogens (tertiary/aromatic N) is 2. The van der Waals surface area contributed by atoms with Gasteiger partial charge in [-0.2, -0.15) is 4.31 Å². The van der Waals surface area contributed by atoms with E-state index in [0.717, 1.165) is 13.1 Å². The zero-order chi connectivity index (χ0) is 20.2. The van der Waals surface area contributed by atoms with Crippen LogP contribution in [0.2, 0.25) is 0 Å². The minimum absolute atomic E-state index is 0.0404. The highest BCUT2D eigenvalue weighted by molar-refractivity contribution is 7.89. The highest BCUT2D eigenvalue weighted by atomic mass is 32.2. The molecule has 0 spiro atoms. The molecule has 0 atom stereocenters. The smallest absolute Gasteiger partial charge is 0.252 e. The largest absolute Gasteiger partial charge is 0.379 e. The van der Waals surface area contributed by atoms with Crippen LogP contribution < -0.4 is 5.32 Å². The van der Waals surface area contributed by atoms with Crippen LogP contribution in [-0.4, -0.2) is 88.2 Å². The van der Waals surface area contributed by atoms with Crippen molar-refractivity contribution in [1.82, 2.24) is 14.5 Å². The number of hydrogen-bond donors (Lipinski definition) is 1. The van der Waals surface area contributed by atoms with Crippen molar-refractivity contribution in [1.29, 1.82) is 0 Å². The van der Waals surface area contributed by atoms with Gasteiger partial charge in [-0.25, -0.2) is 8.42 Å². The minimum Gasteiger partial charge on any atom is -0.379 e. The third kappa shape index (κ3) is 4.72. The molecule has 0 unspecified atom stereocenters. The molecule has 2 fully saturated rings. The quantitative estimate of drug-likeness (QED) is 0.736. The van der Waals surface area contributed by atoms with Gasteiger partial charge in [-0.15, -0.1) is 0 Å². The van der Waals surface area contributed by atoms with Gasteiger partial charge >= 0.3 is 0 Å². The second-order valence-corrected chi connectivity index (χ2v) is 9.51. The molecule has 2 heterocycles. The van der Waals surface area contributed by atoms with Gasteiger partial charge in [0, 0.05) is 38.3 Å². The van der Waals surface area contributed by atoms with Crippen LogP contribution in [0.4, 0.5) is 0 Å². The zero-order valence-corrected chi connectivity index (χ0v) is 17.3. The maximum Gasteiger partial charge on any atom is 0.252 e. The summed E-state index contributed by atoms with van der Waals surface area (Å²) in [5.41, 5.74) is -0.0796. The van der Waals surface area contributed by atoms with Gasteiger partial charge in [-0.05, 0) is 26.0 Å². The van der Waals surface area contributed by atoms with E-state index in [1.165, 1.54) is 10.4 Å². The van der Waals surface area contributed by atoms with E-state index in [9.17, 15) is 13.2 Å². The van der Waals surface area contributed by atoms with Crippen molar-refractivity contribution in [3.05, 3.63) is 29.8 Å². The molecule has 156 valence electrons. The van der Waals surface area contributed by atoms with E-state index in [0.29, 0.717) is 46.1 Å². The minimum atomic E-state index is -3.75. The molecule has 9 heteroatoms. The van der Waals surface area contributed by atoms with E-state index in [2.05, 4.69) is 24.1 Å². The fourth-order valence-electron chi connectivity index (χ4n) is 3.48. The number of hydrogen-bond acceptors (Lipinski definition) is 6. The summed E-state index contributed by atoms with van der Waals surface area (Å²) in [7, 11) is -3.75. The summed E-state index contributed by atoms with van der Waals surface area (Å²) >= 11 is 0. The molecule has 1 amide bonds. The first-order valence-corrected chi connectivity index (χ1v) is 11.0. The maximum absolute atomic E-state index is 13.0. The van der Waals surface area contributed by atoms with Crippen LogP contribution in [-0.2, 0) is 19.5 Å². The van der Waals surface area contributed by atoms with Crippen LogP contribution in [0.3, 0.4) is 0 Å². The van der Waals surface area contributed by atoms with Crippen LogP contribution in [0.1, 0.15) is 24.2 Å². The number of carbonyl (C=O) groups excluding carboxylic acids is 1. The predicted molar refractivity (Wildman–Crippen MR) is 105 cm³/mol. The van der Waals surface area contributed by atoms with Crippen LogP contribution in [0.5, 0.6) is 0 Å². The molecule has 1 aromatic carbocycles. The first-order chi connectivity index (χ1) is 13.3. The Morgan fingerprint density at radius 3 is 2.25 bits per heavy atom. The molecule has 3 rings (SSSR count). The second-order valence-electron chi connectivity index (χ2n) is 7.61. The van der Waals surface area contributed by atoms with Gasteiger partial charge in [0.05, 0.1) is 36.9 Å². The molecule has 1 aromatic rings. The van der Waals surface area contributed by atoms with Gasteiger partial charge in [-0.3, -0.25) is 9.69 Å². The van der Waals surface area contributed by atoms with Crippen molar-refractivity contribution in [3.8, 4) is 0 Å². The summed E-state index contributed by atoms with van der Waals surface area (Å²) < 4.78 is 38.1. The fraction of sp³-hybridized carbons (Fsp3) is 0.632. The second kappa shape index (κ2) is 8.87. The molecule has 0 bridgehead atoms. The SMILES string of the molecule is CC(C)(CNC(=O)c1ccccc1S(=O)(=O)N1CCOCC1)N1CCOCC1. The van der Waals surface area contributed by atoms with Crippen LogP contribution in [0, 0.1) is 0 Å². The Balaban J connectivity index is 1.74. The molecule has 2 aliphatic rings. The van der Waals surface area contributed by atoms with Crippen LogP contribution in [0.15, 0.2) is 29.2 Å². The molecule has 0 saturated carbocycles. The Morgan fingerprint density at radius 1 is 1.04 bits per heavy atom. The summed E-state index contributed by atoms with van der Waals surface area (Å²) in [6.07, 6.45) is 0. The Hall–Kier alpha value is -1.52. The highest BCUT2D eigenvalue weighted by Crippen LogP contribution is 2.22. The Kier molecular flexibility index (Phi) is 6.72. The van der Waals surface area contributed by atoms with E-state index in [-0.39, 0.29) is 21.9 Å². The molecular formula is C19H29N3O5S. The van der Waals surface area contributed by atoms with Crippen molar-refractivity contribution in [2.75, 3.05) is 59.2 Å². The van der Waals surface area contributed by atoms with Gasteiger partial charge in [-0.1, -0.05) is 12.1 Å². The summed E-state index contributed by atoms with van der Waals surface area (Å²) in [6, 6.07) is 6.37. The molecule has 0 radical (unpaired) electrons. The Bertz CT molecular complexity index is 785. The number of amides is 1. The summed E-state index contributed by atoms with van der Waals surface area (Å²) in [4.78, 5) is 15.2. The fourth-order valence-corrected chi connectivity index (χ4v) is 5.07. The van der Waals surface area contributed by atoms with Crippen molar-refractivity contribution >= 4 is 15.9 Å². The molecule has 2 aliphatic heterocycles. The summed E-state index contributed by atoms with van der Waals surface area (Å²) in [5, 5.41) is 2.92. The lowest BCUT2D eigenvalue weighted by atomic mass is 10.0. The zero-order valence-electron chi connectivity index (χ0n) is 16.5. The monoisotopic (exact) mass is 411 g/mol. The lowest BCUT2D eigenvalue weighted by molar-refractivity contribution is -0.00924. The standard InChI is InChI=1S/C19H29N3O5S/c1-19(2,21-7-11-26-12-8-21)15-20-18(23)16-5-3-4-6-17(16)28(24,25)22-9-13-27-14-10-22/h3-6H,7-15H2,1-2H3,(H,20,23). The third-order valence-electron chi connectivity index (χ3n) is 5.27. The highest BCUT2D eigenvalue weighted by Gasteiger charge is 2.32. The number of ether oxygens (including phenoxy) is 2. The topological polar surface area (TPSA) is 88.2 Å². The molecule has 0 aliphatic carbocycles. The van der Waals surface area contributed by atoms with E-state index < -0.39 is 10.0 Å². The average Bonchev–Trinajstić information content (AvgIpc) is 2.73. The van der Waals surface area contributed by atoms with Gasteiger partial charge in [0.1, 0.15) is 0 Å². The van der Waals surface area contributed by atoms with E-state index >= 15 is 0 Å². The molecule has 8 nitrogen and oxygen atoms in total. The lowest BCUT2D eigenvalue weighted by Crippen LogP contribution is -2.55. The molecule has 28 heavy (non-hydrogen) atoms. The number of carbonyl (C=O) groups is 1. The molecular weight excluding hydrogens is 382 g/mol. The number of morpholine rings is 2. The van der Waals surface area contributed by atoms with Gasteiger partial charge < -0.3 is 14.8 Å². The van der Waals surface area contributed by atoms with Crippen molar-refractivity contribution in [2.45, 2.75) is 24.3 Å². The Morgan fingerprint density at radius 2 is 1.61 bits per heavy atom. The van der Waals surface area contributed by atoms with Crippen molar-refractivity contribution in [2.24, 2.45) is 0 Å². The average molecular weight is 412 g/mol. The van der Waals surface area contributed by atoms with Crippen molar-refractivity contribution < 1.29 is 22.7 Å². The van der Waals surface area contributed by atoms with Gasteiger partial charge in [0.25, 0.3) is 5.91 Å². The number of benzene rings is 1. The summed E-state index contributed by atoms with van der Waals surface area (Å²) in [6.45, 7) is 8.83. The summed E-state index contributed by atoms with van der Waals surface area (Å²) in [5.74, 6) is -0.381. The first kappa shape index (κ1) is 21.2. The Labute approximate surface area is 166 Å². The number of sulfonamides is 1. The maximum atomic E-state index is 13.0. The molecule has 2 saturated heterocycles. The van der Waals surface area contributed by atoms with Crippen molar-refractivity contribution in [3.63, 3.8) is 0 Å². The number of nitrogens with one attached hydrogen (secondary N) is 1. The van der Waals surface area contributed by atoms with E-state index in [1.54, 1.807) is 18.2 Å². The van der Waals surface area contributed by atoms with Gasteiger partial charge in [0.15, 0.2) is 0 Å². The third-order valence-corrected chi connectivity index (χ3v) is 7.23. The van der Waals surface area contributed by atoms with Crippen LogP contribution >= 0.6 is 0 Å². The predicted octanol–water partition coefficient (Wildman–Crippen LogP) is 0.548. The van der Waals surface area contributed by atoms with Crippen LogP contribution in [0.25, 0.3) is 0 Å². The molecule has 1 N–H and O–H groups in total. The van der Waals surface area contributed by atoms with E-state index in [1.807, 2.05) is 0 Å². The number of rotatable bonds is 6. The normalized spacial score (nSPS) is 20.1. The first-order valence-electron chi connectivity index (χ1n) is 9.60.